The summed E-state index contributed by atoms with van der Waals surface area (Å²) >= 11 is 0. The van der Waals surface area contributed by atoms with Gasteiger partial charge >= 0.3 is 6.18 Å². The Morgan fingerprint density at radius 3 is 2.35 bits per heavy atom. The number of alkyl halides is 3. The summed E-state index contributed by atoms with van der Waals surface area (Å²) in [6.45, 7) is 6.95. The van der Waals surface area contributed by atoms with Gasteiger partial charge in [0, 0.05) is 75.9 Å². The van der Waals surface area contributed by atoms with Crippen LogP contribution < -0.4 is 20.3 Å². The molecule has 5 amide bonds. The number of ether oxygens (including phenoxy) is 1. The molecule has 1 saturated carbocycles. The predicted octanol–water partition coefficient (Wildman–Crippen LogP) is 4.96. The van der Waals surface area contributed by atoms with Crippen molar-refractivity contribution in [1.29, 1.82) is 0 Å². The number of halogens is 3. The van der Waals surface area contributed by atoms with E-state index in [1.54, 1.807) is 24.3 Å². The predicted molar refractivity (Wildman–Crippen MR) is 221 cm³/mol. The van der Waals surface area contributed by atoms with Gasteiger partial charge in [-0.3, -0.25) is 48.7 Å². The first-order chi connectivity index (χ1) is 29.8. The lowest BCUT2D eigenvalue weighted by atomic mass is 9.66. The van der Waals surface area contributed by atoms with Gasteiger partial charge < -0.3 is 15.0 Å². The van der Waals surface area contributed by atoms with Crippen LogP contribution in [0.5, 0.6) is 5.75 Å². The number of fused-ring (bicyclic) bond motifs is 2. The number of aromatic nitrogens is 3. The summed E-state index contributed by atoms with van der Waals surface area (Å²) in [5, 5.41) is 10.4. The van der Waals surface area contributed by atoms with Gasteiger partial charge in [-0.05, 0) is 80.7 Å². The zero-order chi connectivity index (χ0) is 43.3. The Hall–Kier alpha value is -5.88. The van der Waals surface area contributed by atoms with E-state index in [2.05, 4.69) is 30.3 Å². The minimum absolute atomic E-state index is 0.0838. The number of carbonyl (C=O) groups is 5. The molecule has 326 valence electrons. The van der Waals surface area contributed by atoms with E-state index in [1.165, 1.54) is 13.2 Å². The van der Waals surface area contributed by atoms with Crippen molar-refractivity contribution in [2.75, 3.05) is 63.1 Å². The van der Waals surface area contributed by atoms with Crippen LogP contribution >= 0.6 is 0 Å². The van der Waals surface area contributed by atoms with Crippen LogP contribution in [0.3, 0.4) is 0 Å². The Morgan fingerprint density at radius 2 is 1.65 bits per heavy atom. The monoisotopic (exact) mass is 855 g/mol. The van der Waals surface area contributed by atoms with Gasteiger partial charge in [0.15, 0.2) is 0 Å². The molecule has 1 atom stereocenters. The van der Waals surface area contributed by atoms with Gasteiger partial charge in [-0.1, -0.05) is 12.1 Å². The molecule has 4 aromatic rings. The number of hydrogen-bond donors (Lipinski definition) is 2. The zero-order valence-electron chi connectivity index (χ0n) is 34.4. The maximum Gasteiger partial charge on any atom is 0.433 e. The Balaban J connectivity index is 0.744. The van der Waals surface area contributed by atoms with E-state index in [-0.39, 0.29) is 24.0 Å². The molecule has 1 spiro atoms. The van der Waals surface area contributed by atoms with E-state index >= 15 is 0 Å². The fourth-order valence-corrected chi connectivity index (χ4v) is 10.0. The fourth-order valence-electron chi connectivity index (χ4n) is 10.0. The number of hydrogen-bond acceptors (Lipinski definition) is 11. The van der Waals surface area contributed by atoms with Gasteiger partial charge in [0.2, 0.25) is 11.8 Å². The smallest absolute Gasteiger partial charge is 0.433 e. The molecule has 5 aliphatic rings. The molecule has 2 aromatic carbocycles. The summed E-state index contributed by atoms with van der Waals surface area (Å²) in [6.07, 6.45) is 4.06. The van der Waals surface area contributed by atoms with Crippen LogP contribution in [0.2, 0.25) is 0 Å². The Morgan fingerprint density at radius 1 is 0.903 bits per heavy atom. The van der Waals surface area contributed by atoms with Crippen molar-refractivity contribution in [2.24, 2.45) is 5.41 Å². The SMILES string of the molecule is COc1cc2nn(CCN3CCN(C4CCC5(CC4)CCN(c4cccc6c4C(=O)N(C4CCC(=O)NC4=O)C6=O)CC5)CC3)cc2cc1NC(=O)c1cccc(C(F)(F)F)n1. The lowest BCUT2D eigenvalue weighted by molar-refractivity contribution is -0.141. The van der Waals surface area contributed by atoms with Crippen LogP contribution in [0.4, 0.5) is 24.5 Å². The fraction of sp³-hybridized carbons (Fsp3) is 0.477. The number of imide groups is 2. The van der Waals surface area contributed by atoms with Crippen molar-refractivity contribution in [3.8, 4) is 5.75 Å². The molecule has 1 unspecified atom stereocenters. The third-order valence-electron chi connectivity index (χ3n) is 13.6. The standard InChI is InChI=1S/C44H48F3N9O6/c1-62-35-25-31-27(24-32(35)49-39(58)30-5-3-7-36(48-30)44(45,46)47)26-55(51-31)23-20-52-18-21-53(22-19-52)28-10-12-43(13-11-28)14-16-54(17-15-43)33-6-2-4-29-38(33)42(61)56(41(29)60)34-8-9-37(57)50-40(34)59/h2-7,24-26,28,34H,8-23H2,1H3,(H,49,58)(H,50,57,59). The largest absolute Gasteiger partial charge is 0.494 e. The number of methoxy groups -OCH3 is 1. The number of rotatable bonds is 9. The molecule has 0 radical (unpaired) electrons. The average molecular weight is 856 g/mol. The van der Waals surface area contributed by atoms with E-state index in [0.29, 0.717) is 40.7 Å². The number of piperidine rings is 2. The van der Waals surface area contributed by atoms with E-state index < -0.39 is 47.4 Å². The van der Waals surface area contributed by atoms with Gasteiger partial charge in [0.1, 0.15) is 23.2 Å². The normalized spacial score (nSPS) is 21.5. The van der Waals surface area contributed by atoms with E-state index in [9.17, 15) is 37.1 Å². The second kappa shape index (κ2) is 16.4. The first-order valence-corrected chi connectivity index (χ1v) is 21.3. The highest BCUT2D eigenvalue weighted by Crippen LogP contribution is 2.47. The molecule has 15 nitrogen and oxygen atoms in total. The summed E-state index contributed by atoms with van der Waals surface area (Å²) in [5.74, 6) is -2.42. The number of nitrogens with zero attached hydrogens (tertiary/aromatic N) is 7. The van der Waals surface area contributed by atoms with Crippen LogP contribution in [0.1, 0.15) is 88.3 Å². The molecule has 6 heterocycles. The summed E-state index contributed by atoms with van der Waals surface area (Å²) in [4.78, 5) is 76.1. The average Bonchev–Trinajstić information content (AvgIpc) is 3.79. The third kappa shape index (κ3) is 8.00. The van der Waals surface area contributed by atoms with Gasteiger partial charge in [0.05, 0.1) is 41.7 Å². The highest BCUT2D eigenvalue weighted by Gasteiger charge is 2.47. The second-order valence-corrected chi connectivity index (χ2v) is 17.1. The summed E-state index contributed by atoms with van der Waals surface area (Å²) in [6, 6.07) is 11.5. The molecule has 3 saturated heterocycles. The van der Waals surface area contributed by atoms with Gasteiger partial charge in [-0.15, -0.1) is 0 Å². The summed E-state index contributed by atoms with van der Waals surface area (Å²) < 4.78 is 46.9. The first-order valence-electron chi connectivity index (χ1n) is 21.3. The van der Waals surface area contributed by atoms with Crippen LogP contribution in [-0.2, 0) is 22.3 Å². The minimum Gasteiger partial charge on any atom is -0.494 e. The van der Waals surface area contributed by atoms with Gasteiger partial charge in [-0.2, -0.15) is 18.3 Å². The number of carbonyl (C=O) groups excluding carboxylic acids is 5. The molecule has 2 N–H and O–H groups in total. The summed E-state index contributed by atoms with van der Waals surface area (Å²) in [7, 11) is 1.44. The van der Waals surface area contributed by atoms with Crippen molar-refractivity contribution >= 4 is 51.8 Å². The maximum atomic E-state index is 13.7. The number of amides is 5. The van der Waals surface area contributed by atoms with Crippen molar-refractivity contribution < 1.29 is 41.9 Å². The maximum absolute atomic E-state index is 13.7. The Labute approximate surface area is 355 Å². The topological polar surface area (TPSA) is 162 Å². The molecular formula is C44H48F3N9O6. The summed E-state index contributed by atoms with van der Waals surface area (Å²) in [5.41, 5.74) is 1.12. The van der Waals surface area contributed by atoms with E-state index in [1.807, 2.05) is 16.9 Å². The number of nitrogens with one attached hydrogen (secondary N) is 2. The van der Waals surface area contributed by atoms with Crippen LogP contribution in [0.15, 0.2) is 54.7 Å². The third-order valence-corrected chi connectivity index (χ3v) is 13.6. The van der Waals surface area contributed by atoms with Crippen LogP contribution in [0.25, 0.3) is 10.9 Å². The number of anilines is 2. The van der Waals surface area contributed by atoms with Crippen molar-refractivity contribution in [2.45, 2.75) is 76.2 Å². The van der Waals surface area contributed by atoms with Crippen molar-refractivity contribution in [3.63, 3.8) is 0 Å². The lowest BCUT2D eigenvalue weighted by Gasteiger charge is -2.49. The molecular weight excluding hydrogens is 808 g/mol. The number of piperazine rings is 1. The molecule has 4 fully saturated rings. The quantitative estimate of drug-likeness (QED) is 0.219. The second-order valence-electron chi connectivity index (χ2n) is 17.1. The highest BCUT2D eigenvalue weighted by atomic mass is 19.4. The van der Waals surface area contributed by atoms with E-state index in [4.69, 9.17) is 9.84 Å². The lowest BCUT2D eigenvalue weighted by Crippen LogP contribution is -2.54. The van der Waals surface area contributed by atoms with Crippen molar-refractivity contribution in [3.05, 3.63) is 77.2 Å². The Kier molecular flexibility index (Phi) is 11.0. The highest BCUT2D eigenvalue weighted by molar-refractivity contribution is 6.25. The van der Waals surface area contributed by atoms with Gasteiger partial charge in [-0.25, -0.2) is 4.98 Å². The molecule has 4 aliphatic heterocycles. The molecule has 2 aromatic heterocycles. The van der Waals surface area contributed by atoms with Crippen molar-refractivity contribution in [1.82, 2.24) is 34.8 Å². The molecule has 0 bridgehead atoms. The molecule has 1 aliphatic carbocycles. The zero-order valence-corrected chi connectivity index (χ0v) is 34.4. The van der Waals surface area contributed by atoms with E-state index in [0.717, 1.165) is 112 Å². The van der Waals surface area contributed by atoms with Crippen LogP contribution in [0, 0.1) is 5.41 Å². The van der Waals surface area contributed by atoms with Crippen LogP contribution in [-0.4, -0.2) is 124 Å². The molecule has 9 rings (SSSR count). The van der Waals surface area contributed by atoms with Gasteiger partial charge in [0.25, 0.3) is 17.7 Å². The Bertz CT molecular complexity index is 2430. The molecule has 62 heavy (non-hydrogen) atoms. The first kappa shape index (κ1) is 41.5. The minimum atomic E-state index is -4.67. The molecule has 18 heteroatoms. The number of pyridine rings is 1. The number of benzene rings is 2.